The van der Waals surface area contributed by atoms with Crippen LogP contribution >= 0.6 is 11.3 Å². The minimum atomic E-state index is 0.562. The number of nitrogen functional groups attached to an aromatic ring is 1. The highest BCUT2D eigenvalue weighted by Gasteiger charge is 2.12. The monoisotopic (exact) mass is 247 g/mol. The van der Waals surface area contributed by atoms with Gasteiger partial charge in [0.1, 0.15) is 10.8 Å². The molecule has 0 aliphatic carbocycles. The van der Waals surface area contributed by atoms with E-state index in [-0.39, 0.29) is 0 Å². The third-order valence-electron chi connectivity index (χ3n) is 2.66. The van der Waals surface area contributed by atoms with Crippen molar-refractivity contribution in [3.05, 3.63) is 28.9 Å². The van der Waals surface area contributed by atoms with Crippen molar-refractivity contribution < 1.29 is 0 Å². The molecule has 0 aliphatic rings. The number of hydrogen-bond donors (Lipinski definition) is 1. The molecule has 0 saturated carbocycles. The summed E-state index contributed by atoms with van der Waals surface area (Å²) in [5.74, 6) is 0.562. The number of nitrogens with zero attached hydrogens (tertiary/aromatic N) is 2. The van der Waals surface area contributed by atoms with Gasteiger partial charge in [-0.05, 0) is 25.0 Å². The molecule has 0 spiro atoms. The minimum absolute atomic E-state index is 0.562. The summed E-state index contributed by atoms with van der Waals surface area (Å²) in [6.45, 7) is 4.35. The van der Waals surface area contributed by atoms with Crippen molar-refractivity contribution >= 4 is 17.2 Å². The van der Waals surface area contributed by atoms with Gasteiger partial charge in [-0.3, -0.25) is 0 Å². The maximum Gasteiger partial charge on any atom is 0.133 e. The zero-order valence-corrected chi connectivity index (χ0v) is 11.0. The fourth-order valence-corrected chi connectivity index (χ4v) is 2.89. The molecule has 0 aromatic carbocycles. The van der Waals surface area contributed by atoms with Gasteiger partial charge < -0.3 is 5.73 Å². The molecule has 0 saturated heterocycles. The van der Waals surface area contributed by atoms with E-state index in [1.165, 1.54) is 10.6 Å². The summed E-state index contributed by atoms with van der Waals surface area (Å²) >= 11 is 1.74. The molecule has 4 heteroatoms. The number of pyridine rings is 1. The van der Waals surface area contributed by atoms with Gasteiger partial charge >= 0.3 is 0 Å². The highest BCUT2D eigenvalue weighted by Crippen LogP contribution is 2.31. The van der Waals surface area contributed by atoms with Gasteiger partial charge in [0, 0.05) is 11.1 Å². The second-order valence-electron chi connectivity index (χ2n) is 3.93. The van der Waals surface area contributed by atoms with Crippen molar-refractivity contribution in [3.63, 3.8) is 0 Å². The summed E-state index contributed by atoms with van der Waals surface area (Å²) in [5.41, 5.74) is 8.06. The number of nitrogens with two attached hydrogens (primary N) is 1. The molecule has 17 heavy (non-hydrogen) atoms. The van der Waals surface area contributed by atoms with Gasteiger partial charge in [0.25, 0.3) is 0 Å². The van der Waals surface area contributed by atoms with E-state index in [0.717, 1.165) is 29.8 Å². The fraction of sp³-hybridized carbons (Fsp3) is 0.385. The van der Waals surface area contributed by atoms with Gasteiger partial charge in [-0.1, -0.05) is 20.3 Å². The molecular formula is C13H17N3S. The predicted molar refractivity (Wildman–Crippen MR) is 73.1 cm³/mol. The Morgan fingerprint density at radius 2 is 2.18 bits per heavy atom. The van der Waals surface area contributed by atoms with Crippen LogP contribution < -0.4 is 5.73 Å². The Morgan fingerprint density at radius 3 is 2.82 bits per heavy atom. The summed E-state index contributed by atoms with van der Waals surface area (Å²) in [6.07, 6.45) is 4.91. The lowest BCUT2D eigenvalue weighted by Crippen LogP contribution is -1.93. The molecule has 0 fully saturated rings. The number of anilines is 1. The number of aromatic nitrogens is 2. The minimum Gasteiger partial charge on any atom is -0.383 e. The van der Waals surface area contributed by atoms with Crippen molar-refractivity contribution in [1.29, 1.82) is 0 Å². The summed E-state index contributed by atoms with van der Waals surface area (Å²) in [5, 5.41) is 0.996. The first-order chi connectivity index (χ1) is 8.26. The second kappa shape index (κ2) is 5.27. The lowest BCUT2D eigenvalue weighted by molar-refractivity contribution is 0.876. The first-order valence-electron chi connectivity index (χ1n) is 5.95. The van der Waals surface area contributed by atoms with Crippen molar-refractivity contribution in [3.8, 4) is 10.6 Å². The summed E-state index contributed by atoms with van der Waals surface area (Å²) < 4.78 is 0. The lowest BCUT2D eigenvalue weighted by Gasteiger charge is -1.98. The number of hydrogen-bond acceptors (Lipinski definition) is 4. The quantitative estimate of drug-likeness (QED) is 0.901. The molecule has 2 rings (SSSR count). The fourth-order valence-electron chi connectivity index (χ4n) is 1.81. The van der Waals surface area contributed by atoms with E-state index in [4.69, 9.17) is 10.7 Å². The average Bonchev–Trinajstić information content (AvgIpc) is 2.73. The molecule has 0 radical (unpaired) electrons. The molecule has 0 aliphatic heterocycles. The van der Waals surface area contributed by atoms with Crippen molar-refractivity contribution in [2.24, 2.45) is 0 Å². The summed E-state index contributed by atoms with van der Waals surface area (Å²) in [7, 11) is 0. The van der Waals surface area contributed by atoms with Crippen molar-refractivity contribution in [2.75, 3.05) is 5.73 Å². The summed E-state index contributed by atoms with van der Waals surface area (Å²) in [6, 6.07) is 3.88. The molecule has 0 bridgehead atoms. The molecule has 2 heterocycles. The first-order valence-corrected chi connectivity index (χ1v) is 6.77. The standard InChI is InChI=1S/C13H17N3S/c1-3-6-10-11(4-2)17-13(16-10)9-7-5-8-15-12(9)14/h5,7-8H,3-4,6H2,1-2H3,(H2,14,15). The van der Waals surface area contributed by atoms with Crippen LogP contribution in [-0.2, 0) is 12.8 Å². The Balaban J connectivity index is 2.43. The van der Waals surface area contributed by atoms with Crippen LogP contribution in [0.25, 0.3) is 10.6 Å². The van der Waals surface area contributed by atoms with Gasteiger partial charge in [-0.25, -0.2) is 9.97 Å². The predicted octanol–water partition coefficient (Wildman–Crippen LogP) is 3.30. The van der Waals surface area contributed by atoms with Crippen LogP contribution in [0.3, 0.4) is 0 Å². The van der Waals surface area contributed by atoms with Gasteiger partial charge in [-0.2, -0.15) is 0 Å². The number of thiazole rings is 1. The van der Waals surface area contributed by atoms with E-state index >= 15 is 0 Å². The van der Waals surface area contributed by atoms with Crippen LogP contribution in [0.15, 0.2) is 18.3 Å². The Bertz CT molecular complexity index is 505. The van der Waals surface area contributed by atoms with Crippen LogP contribution in [0, 0.1) is 0 Å². The highest BCUT2D eigenvalue weighted by molar-refractivity contribution is 7.15. The molecule has 90 valence electrons. The Kier molecular flexibility index (Phi) is 3.74. The lowest BCUT2D eigenvalue weighted by atomic mass is 10.2. The number of aryl methyl sites for hydroxylation is 2. The van der Waals surface area contributed by atoms with E-state index in [2.05, 4.69) is 18.8 Å². The molecule has 3 nitrogen and oxygen atoms in total. The van der Waals surface area contributed by atoms with E-state index in [1.807, 2.05) is 12.1 Å². The van der Waals surface area contributed by atoms with Crippen LogP contribution in [0.2, 0.25) is 0 Å². The third-order valence-corrected chi connectivity index (χ3v) is 3.93. The van der Waals surface area contributed by atoms with Crippen molar-refractivity contribution in [1.82, 2.24) is 9.97 Å². The molecule has 2 N–H and O–H groups in total. The van der Waals surface area contributed by atoms with Gasteiger partial charge in [0.15, 0.2) is 0 Å². The third kappa shape index (κ3) is 2.47. The zero-order valence-electron chi connectivity index (χ0n) is 10.2. The largest absolute Gasteiger partial charge is 0.383 e. The normalized spacial score (nSPS) is 10.7. The molecule has 0 atom stereocenters. The van der Waals surface area contributed by atoms with Gasteiger partial charge in [0.05, 0.1) is 11.3 Å². The smallest absolute Gasteiger partial charge is 0.133 e. The van der Waals surface area contributed by atoms with E-state index in [9.17, 15) is 0 Å². The Labute approximate surface area is 106 Å². The number of rotatable bonds is 4. The second-order valence-corrected chi connectivity index (χ2v) is 5.01. The SMILES string of the molecule is CCCc1nc(-c2cccnc2N)sc1CC. The van der Waals surface area contributed by atoms with Gasteiger partial charge in [-0.15, -0.1) is 11.3 Å². The highest BCUT2D eigenvalue weighted by atomic mass is 32.1. The van der Waals surface area contributed by atoms with Crippen LogP contribution in [0.5, 0.6) is 0 Å². The van der Waals surface area contributed by atoms with E-state index < -0.39 is 0 Å². The molecule has 0 amide bonds. The Morgan fingerprint density at radius 1 is 1.35 bits per heavy atom. The van der Waals surface area contributed by atoms with Crippen LogP contribution in [0.4, 0.5) is 5.82 Å². The average molecular weight is 247 g/mol. The van der Waals surface area contributed by atoms with Crippen LogP contribution in [0.1, 0.15) is 30.8 Å². The van der Waals surface area contributed by atoms with Crippen molar-refractivity contribution in [2.45, 2.75) is 33.1 Å². The van der Waals surface area contributed by atoms with E-state index in [1.54, 1.807) is 17.5 Å². The molecule has 2 aromatic rings. The zero-order chi connectivity index (χ0) is 12.3. The first kappa shape index (κ1) is 12.0. The summed E-state index contributed by atoms with van der Waals surface area (Å²) in [4.78, 5) is 10.2. The Hall–Kier alpha value is -1.42. The topological polar surface area (TPSA) is 51.8 Å². The molecule has 2 aromatic heterocycles. The molecular weight excluding hydrogens is 230 g/mol. The maximum absolute atomic E-state index is 5.88. The van der Waals surface area contributed by atoms with Gasteiger partial charge in [0.2, 0.25) is 0 Å². The van der Waals surface area contributed by atoms with Crippen LogP contribution in [-0.4, -0.2) is 9.97 Å². The maximum atomic E-state index is 5.88. The molecule has 0 unspecified atom stereocenters. The van der Waals surface area contributed by atoms with E-state index in [0.29, 0.717) is 5.82 Å².